The maximum atomic E-state index is 13.1. The quantitative estimate of drug-likeness (QED) is 0.0172. The summed E-state index contributed by atoms with van der Waals surface area (Å²) >= 11 is 0. The zero-order valence-corrected chi connectivity index (χ0v) is 47.1. The van der Waals surface area contributed by atoms with Crippen molar-refractivity contribution in [2.45, 2.75) is 332 Å². The van der Waals surface area contributed by atoms with E-state index in [4.69, 9.17) is 28.4 Å². The average molecular weight is 1060 g/mol. The van der Waals surface area contributed by atoms with Crippen LogP contribution >= 0.6 is 0 Å². The number of carbonyl (C=O) groups is 1. The van der Waals surface area contributed by atoms with Crippen LogP contribution in [-0.2, 0) is 33.2 Å². The van der Waals surface area contributed by atoms with Crippen molar-refractivity contribution in [1.82, 2.24) is 0 Å². The molecule has 2 rings (SSSR count). The summed E-state index contributed by atoms with van der Waals surface area (Å²) in [6, 6.07) is 0. The van der Waals surface area contributed by atoms with Gasteiger partial charge in [-0.15, -0.1) is 0 Å². The van der Waals surface area contributed by atoms with E-state index in [-0.39, 0.29) is 25.6 Å². The molecule has 11 atom stereocenters. The standard InChI is InChI=1S/C60H114O14/c1-3-5-7-9-11-13-15-17-19-21-23-24-26-28-30-32-34-36-38-40-42-44-69-46-49(72-52(62)43-41-39-37-35-33-31-29-27-25-22-20-18-16-14-12-10-8-6-4-2)47-70-59-58(68)56(66)54(64)51(74-59)48-71-60-57(67)55(65)53(63)50(45-61)73-60/h18,20,49-51,53-61,63-68H,3-17,19,21-48H2,1-2H3/b20-18-. The van der Waals surface area contributed by atoms with E-state index in [2.05, 4.69) is 26.0 Å². The predicted octanol–water partition coefficient (Wildman–Crippen LogP) is 11.4. The van der Waals surface area contributed by atoms with Gasteiger partial charge in [0, 0.05) is 13.0 Å². The van der Waals surface area contributed by atoms with E-state index in [9.17, 15) is 40.5 Å². The highest BCUT2D eigenvalue weighted by atomic mass is 16.7. The van der Waals surface area contributed by atoms with Gasteiger partial charge < -0.3 is 64.2 Å². The number of carbonyl (C=O) groups excluding carboxylic acids is 1. The third kappa shape index (κ3) is 33.9. The minimum atomic E-state index is -1.70. The van der Waals surface area contributed by atoms with Gasteiger partial charge in [-0.25, -0.2) is 0 Å². The van der Waals surface area contributed by atoms with Crippen molar-refractivity contribution in [2.75, 3.05) is 33.0 Å². The summed E-state index contributed by atoms with van der Waals surface area (Å²) in [4.78, 5) is 13.1. The van der Waals surface area contributed by atoms with Crippen molar-refractivity contribution >= 4 is 5.97 Å². The van der Waals surface area contributed by atoms with Gasteiger partial charge in [-0.05, 0) is 38.5 Å². The van der Waals surface area contributed by atoms with Gasteiger partial charge in [0.25, 0.3) is 0 Å². The first-order valence-corrected chi connectivity index (χ1v) is 30.8. The van der Waals surface area contributed by atoms with Gasteiger partial charge in [0.05, 0.1) is 26.4 Å². The monoisotopic (exact) mass is 1060 g/mol. The van der Waals surface area contributed by atoms with Crippen molar-refractivity contribution in [1.29, 1.82) is 0 Å². The molecule has 14 nitrogen and oxygen atoms in total. The molecule has 0 aliphatic carbocycles. The molecule has 0 aromatic heterocycles. The SMILES string of the molecule is CCCCCCCC/C=C\CCCCCCCCCCCC(=O)OC(COCCCCCCCCCCCCCCCCCCCCCCC)COC1OC(COC2OC(CO)C(O)C(O)C2O)C(O)C(O)C1O. The van der Waals surface area contributed by atoms with Crippen LogP contribution in [0.15, 0.2) is 12.2 Å². The van der Waals surface area contributed by atoms with E-state index in [0.29, 0.717) is 13.0 Å². The van der Waals surface area contributed by atoms with Crippen LogP contribution < -0.4 is 0 Å². The third-order valence-corrected chi connectivity index (χ3v) is 15.0. The van der Waals surface area contributed by atoms with Gasteiger partial charge in [0.15, 0.2) is 12.6 Å². The van der Waals surface area contributed by atoms with E-state index in [0.717, 1.165) is 38.5 Å². The van der Waals surface area contributed by atoms with Gasteiger partial charge >= 0.3 is 5.97 Å². The molecule has 0 saturated carbocycles. The molecule has 74 heavy (non-hydrogen) atoms. The molecular weight excluding hydrogens is 945 g/mol. The number of aliphatic hydroxyl groups is 7. The molecule has 2 aliphatic rings. The lowest BCUT2D eigenvalue weighted by atomic mass is 9.98. The number of hydrogen-bond donors (Lipinski definition) is 7. The van der Waals surface area contributed by atoms with Crippen LogP contribution in [0.5, 0.6) is 0 Å². The van der Waals surface area contributed by atoms with Gasteiger partial charge in [0.2, 0.25) is 0 Å². The zero-order valence-electron chi connectivity index (χ0n) is 47.1. The Labute approximate surface area is 450 Å². The highest BCUT2D eigenvalue weighted by molar-refractivity contribution is 5.69. The Hall–Kier alpha value is -1.27. The minimum absolute atomic E-state index is 0.0675. The first-order chi connectivity index (χ1) is 36.1. The Balaban J connectivity index is 1.69. The number of esters is 1. The molecular formula is C60H114O14. The molecule has 0 radical (unpaired) electrons. The van der Waals surface area contributed by atoms with Crippen LogP contribution in [0.4, 0.5) is 0 Å². The van der Waals surface area contributed by atoms with E-state index in [1.54, 1.807) is 0 Å². The third-order valence-electron chi connectivity index (χ3n) is 15.0. The Morgan fingerprint density at radius 2 is 0.797 bits per heavy atom. The van der Waals surface area contributed by atoms with E-state index >= 15 is 0 Å². The molecule has 0 bridgehead atoms. The normalized spacial score (nSPS) is 24.8. The molecule has 2 saturated heterocycles. The number of unbranched alkanes of at least 4 members (excludes halogenated alkanes) is 35. The molecule has 2 aliphatic heterocycles. The van der Waals surface area contributed by atoms with Gasteiger partial charge in [-0.2, -0.15) is 0 Å². The molecule has 0 amide bonds. The van der Waals surface area contributed by atoms with E-state index in [1.165, 1.54) is 199 Å². The Morgan fingerprint density at radius 1 is 0.432 bits per heavy atom. The largest absolute Gasteiger partial charge is 0.457 e. The maximum Gasteiger partial charge on any atom is 0.306 e. The van der Waals surface area contributed by atoms with E-state index < -0.39 is 80.7 Å². The lowest BCUT2D eigenvalue weighted by molar-refractivity contribution is -0.332. The van der Waals surface area contributed by atoms with Crippen molar-refractivity contribution < 1.29 is 69.0 Å². The fourth-order valence-corrected chi connectivity index (χ4v) is 10.0. The lowest BCUT2D eigenvalue weighted by Crippen LogP contribution is -2.61. The first-order valence-electron chi connectivity index (χ1n) is 30.8. The summed E-state index contributed by atoms with van der Waals surface area (Å²) < 4.78 is 34.5. The molecule has 0 aromatic rings. The van der Waals surface area contributed by atoms with Gasteiger partial charge in [-0.1, -0.05) is 231 Å². The number of rotatable bonds is 51. The number of aliphatic hydroxyl groups excluding tert-OH is 7. The maximum absolute atomic E-state index is 13.1. The smallest absolute Gasteiger partial charge is 0.306 e. The lowest BCUT2D eigenvalue weighted by Gasteiger charge is -2.42. The summed E-state index contributed by atoms with van der Waals surface area (Å²) in [6.45, 7) is 3.75. The first kappa shape index (κ1) is 68.8. The Kier molecular flexibility index (Phi) is 44.4. The van der Waals surface area contributed by atoms with Crippen LogP contribution in [0.1, 0.15) is 264 Å². The van der Waals surface area contributed by atoms with Crippen molar-refractivity contribution in [2.24, 2.45) is 0 Å². The van der Waals surface area contributed by atoms with Crippen LogP contribution in [-0.4, -0.2) is 142 Å². The highest BCUT2D eigenvalue weighted by Gasteiger charge is 2.47. The summed E-state index contributed by atoms with van der Waals surface area (Å²) in [5.74, 6) is -0.372. The van der Waals surface area contributed by atoms with Crippen LogP contribution in [0.25, 0.3) is 0 Å². The van der Waals surface area contributed by atoms with Crippen LogP contribution in [0, 0.1) is 0 Å². The van der Waals surface area contributed by atoms with Crippen molar-refractivity contribution in [3.05, 3.63) is 12.2 Å². The Bertz CT molecular complexity index is 1270. The van der Waals surface area contributed by atoms with Gasteiger partial charge in [-0.3, -0.25) is 4.79 Å². The number of allylic oxidation sites excluding steroid dienone is 2. The summed E-state index contributed by atoms with van der Waals surface area (Å²) in [5.41, 5.74) is 0. The molecule has 2 fully saturated rings. The van der Waals surface area contributed by atoms with E-state index in [1.807, 2.05) is 0 Å². The molecule has 14 heteroatoms. The second kappa shape index (κ2) is 47.7. The minimum Gasteiger partial charge on any atom is -0.457 e. The second-order valence-corrected chi connectivity index (χ2v) is 21.9. The summed E-state index contributed by atoms with van der Waals surface area (Å²) in [6.07, 6.45) is 37.0. The topological polar surface area (TPSA) is 214 Å². The van der Waals surface area contributed by atoms with Crippen molar-refractivity contribution in [3.63, 3.8) is 0 Å². The summed E-state index contributed by atoms with van der Waals surface area (Å²) in [7, 11) is 0. The summed E-state index contributed by atoms with van der Waals surface area (Å²) in [5, 5.41) is 72.4. The molecule has 438 valence electrons. The number of ether oxygens (including phenoxy) is 6. The molecule has 2 heterocycles. The predicted molar refractivity (Wildman–Crippen MR) is 294 cm³/mol. The molecule has 0 spiro atoms. The number of hydrogen-bond acceptors (Lipinski definition) is 14. The fourth-order valence-electron chi connectivity index (χ4n) is 10.0. The highest BCUT2D eigenvalue weighted by Crippen LogP contribution is 2.27. The van der Waals surface area contributed by atoms with Gasteiger partial charge in [0.1, 0.15) is 54.9 Å². The molecule has 0 aromatic carbocycles. The molecule has 7 N–H and O–H groups in total. The van der Waals surface area contributed by atoms with Crippen LogP contribution in [0.2, 0.25) is 0 Å². The zero-order chi connectivity index (χ0) is 53.7. The molecule has 11 unspecified atom stereocenters. The second-order valence-electron chi connectivity index (χ2n) is 21.9. The van der Waals surface area contributed by atoms with Crippen LogP contribution in [0.3, 0.4) is 0 Å². The van der Waals surface area contributed by atoms with Crippen molar-refractivity contribution in [3.8, 4) is 0 Å². The average Bonchev–Trinajstić information content (AvgIpc) is 3.40. The Morgan fingerprint density at radius 3 is 1.23 bits per heavy atom. The fraction of sp³-hybridized carbons (Fsp3) is 0.950.